The summed E-state index contributed by atoms with van der Waals surface area (Å²) in [5.41, 5.74) is 0. The van der Waals surface area contributed by atoms with Crippen molar-refractivity contribution >= 4 is 5.91 Å². The summed E-state index contributed by atoms with van der Waals surface area (Å²) in [4.78, 5) is 13.4. The minimum Gasteiger partial charge on any atom is -0.394 e. The topological polar surface area (TPSA) is 228 Å². The lowest BCUT2D eigenvalue weighted by Gasteiger charge is -2.46. The molecule has 2 fully saturated rings. The Morgan fingerprint density at radius 1 is 0.374 bits per heavy atom. The second-order valence-corrected chi connectivity index (χ2v) is 28.2. The third-order valence-corrected chi connectivity index (χ3v) is 19.3. The number of rotatable bonds is 67. The summed E-state index contributed by atoms with van der Waals surface area (Å²) >= 11 is 0. The van der Waals surface area contributed by atoms with Gasteiger partial charge in [-0.05, 0) is 83.5 Å². The molecule has 2 aliphatic heterocycles. The summed E-state index contributed by atoms with van der Waals surface area (Å²) in [6, 6.07) is -0.850. The van der Waals surface area contributed by atoms with Gasteiger partial charge in [0.15, 0.2) is 12.6 Å². The molecule has 14 heteroatoms. The molecule has 99 heavy (non-hydrogen) atoms. The predicted molar refractivity (Wildman–Crippen MR) is 410 cm³/mol. The van der Waals surface area contributed by atoms with Crippen LogP contribution in [0.4, 0.5) is 0 Å². The van der Waals surface area contributed by atoms with Gasteiger partial charge in [-0.2, -0.15) is 0 Å². The van der Waals surface area contributed by atoms with E-state index in [0.717, 1.165) is 116 Å². The molecule has 0 aromatic rings. The summed E-state index contributed by atoms with van der Waals surface area (Å²) in [5, 5.41) is 87.9. The summed E-state index contributed by atoms with van der Waals surface area (Å²) in [7, 11) is 0. The van der Waals surface area contributed by atoms with Crippen LogP contribution >= 0.6 is 0 Å². The fourth-order valence-corrected chi connectivity index (χ4v) is 12.9. The SMILES string of the molecule is CC/C=C\C/C=C\C/C=C\C/C=C\C/C=C\C/C=C\C/C=C\C/C=C\C/C=C\CCCCCCCC(=O)NC(COC1OC(CO)C(OC2OC(CO)C(O)C(O)C2O)C(O)C1O)C(O)CCCCCCCCCCCCCCCCCCCCCCCCCCCCCCCCCC. The van der Waals surface area contributed by atoms with Gasteiger partial charge in [0.1, 0.15) is 48.8 Å². The highest BCUT2D eigenvalue weighted by Crippen LogP contribution is 2.30. The van der Waals surface area contributed by atoms with E-state index in [-0.39, 0.29) is 18.9 Å². The second-order valence-electron chi connectivity index (χ2n) is 28.2. The first kappa shape index (κ1) is 91.7. The average molecular weight is 1390 g/mol. The van der Waals surface area contributed by atoms with Crippen LogP contribution in [0.25, 0.3) is 0 Å². The van der Waals surface area contributed by atoms with E-state index in [2.05, 4.69) is 129 Å². The van der Waals surface area contributed by atoms with Crippen molar-refractivity contribution in [2.45, 2.75) is 402 Å². The first-order valence-electron chi connectivity index (χ1n) is 40.6. The fraction of sp³-hybridized carbons (Fsp3) is 0.776. The molecule has 572 valence electrons. The number of ether oxygens (including phenoxy) is 4. The predicted octanol–water partition coefficient (Wildman–Crippen LogP) is 18.6. The van der Waals surface area contributed by atoms with Crippen LogP contribution in [0.15, 0.2) is 109 Å². The summed E-state index contributed by atoms with van der Waals surface area (Å²) < 4.78 is 23.0. The van der Waals surface area contributed by atoms with Crippen LogP contribution in [-0.2, 0) is 23.7 Å². The Labute approximate surface area is 604 Å². The number of aliphatic hydroxyl groups excluding tert-OH is 8. The molecular weight excluding hydrogens is 1240 g/mol. The number of nitrogens with one attached hydrogen (secondary N) is 1. The third kappa shape index (κ3) is 50.7. The molecular formula is C85H149NO13. The first-order chi connectivity index (χ1) is 48.6. The summed E-state index contributed by atoms with van der Waals surface area (Å²) in [6.45, 7) is 2.77. The molecule has 1 amide bonds. The minimum atomic E-state index is -1.79. The molecule has 0 saturated carbocycles. The van der Waals surface area contributed by atoms with Gasteiger partial charge in [0.05, 0.1) is 32.0 Å². The molecule has 14 nitrogen and oxygen atoms in total. The lowest BCUT2D eigenvalue weighted by Crippen LogP contribution is -2.65. The Bertz CT molecular complexity index is 2080. The minimum absolute atomic E-state index is 0.226. The number of allylic oxidation sites excluding steroid dienone is 18. The van der Waals surface area contributed by atoms with E-state index in [9.17, 15) is 45.6 Å². The maximum Gasteiger partial charge on any atom is 0.220 e. The molecule has 2 rings (SSSR count). The van der Waals surface area contributed by atoms with E-state index < -0.39 is 86.8 Å². The standard InChI is InChI=1S/C85H149NO13/c1-3-5-7-9-11-13-15-17-19-21-23-25-27-29-31-33-35-37-39-41-43-45-47-49-51-53-55-57-59-61-63-65-67-69-77(90)86-73(72-96-84-82(95)80(93)83(76(71-88)98-84)99-85-81(94)79(92)78(91)75(70-87)97-85)74(89)68-66-64-62-60-58-56-54-52-50-48-46-44-42-40-38-36-34-32-30-28-26-24-22-20-18-16-14-12-10-8-6-4-2/h5,7,11,13,17,19,23,25,29,31,35,37,41,43,47,49,53,55,73-76,78-85,87-89,91-95H,3-4,6,8-10,12,14-16,18,20-22,24,26-28,30,32-34,36,38-40,42,44-46,48,50-52,54,56-72H2,1-2H3,(H,86,90)/b7-5-,13-11-,19-17-,25-23-,31-29-,37-35-,43-41-,49-47-,55-53-. The largest absolute Gasteiger partial charge is 0.394 e. The normalized spacial score (nSPS) is 22.5. The van der Waals surface area contributed by atoms with Gasteiger partial charge < -0.3 is 65.1 Å². The van der Waals surface area contributed by atoms with E-state index in [4.69, 9.17) is 18.9 Å². The van der Waals surface area contributed by atoms with Gasteiger partial charge in [0, 0.05) is 6.42 Å². The van der Waals surface area contributed by atoms with Crippen LogP contribution in [0.3, 0.4) is 0 Å². The maximum absolute atomic E-state index is 13.4. The molecule has 2 saturated heterocycles. The van der Waals surface area contributed by atoms with Crippen molar-refractivity contribution in [2.75, 3.05) is 19.8 Å². The van der Waals surface area contributed by atoms with E-state index >= 15 is 0 Å². The number of carbonyl (C=O) groups is 1. The van der Waals surface area contributed by atoms with Crippen LogP contribution in [0.1, 0.15) is 328 Å². The van der Waals surface area contributed by atoms with Crippen LogP contribution < -0.4 is 5.32 Å². The highest BCUT2D eigenvalue weighted by molar-refractivity contribution is 5.76. The van der Waals surface area contributed by atoms with Gasteiger partial charge in [0.2, 0.25) is 5.91 Å². The van der Waals surface area contributed by atoms with E-state index in [1.807, 2.05) is 0 Å². The van der Waals surface area contributed by atoms with E-state index in [1.165, 1.54) is 180 Å². The van der Waals surface area contributed by atoms with Crippen molar-refractivity contribution in [3.05, 3.63) is 109 Å². The zero-order valence-corrected chi connectivity index (χ0v) is 62.7. The zero-order valence-electron chi connectivity index (χ0n) is 62.7. The molecule has 0 aliphatic carbocycles. The van der Waals surface area contributed by atoms with Crippen LogP contribution in [0.5, 0.6) is 0 Å². The first-order valence-corrected chi connectivity index (χ1v) is 40.6. The van der Waals surface area contributed by atoms with Crippen molar-refractivity contribution in [1.29, 1.82) is 0 Å². The summed E-state index contributed by atoms with van der Waals surface area (Å²) in [5.74, 6) is -0.226. The summed E-state index contributed by atoms with van der Waals surface area (Å²) in [6.07, 6.45) is 81.2. The molecule has 12 atom stereocenters. The monoisotopic (exact) mass is 1390 g/mol. The molecule has 0 aromatic heterocycles. The van der Waals surface area contributed by atoms with Crippen LogP contribution in [0, 0.1) is 0 Å². The lowest BCUT2D eigenvalue weighted by molar-refractivity contribution is -0.359. The molecule has 2 aliphatic rings. The van der Waals surface area contributed by atoms with Gasteiger partial charge in [0.25, 0.3) is 0 Å². The van der Waals surface area contributed by atoms with Gasteiger partial charge in [-0.25, -0.2) is 0 Å². The van der Waals surface area contributed by atoms with Crippen LogP contribution in [0.2, 0.25) is 0 Å². The number of aliphatic hydroxyl groups is 8. The number of amides is 1. The number of hydrogen-bond acceptors (Lipinski definition) is 13. The number of hydrogen-bond donors (Lipinski definition) is 9. The smallest absolute Gasteiger partial charge is 0.220 e. The third-order valence-electron chi connectivity index (χ3n) is 19.3. The molecule has 9 N–H and O–H groups in total. The van der Waals surface area contributed by atoms with Crippen molar-refractivity contribution < 1.29 is 64.6 Å². The Kier molecular flexibility index (Phi) is 62.8. The fourth-order valence-electron chi connectivity index (χ4n) is 12.9. The zero-order chi connectivity index (χ0) is 71.5. The average Bonchev–Trinajstić information content (AvgIpc) is 0.793. The van der Waals surface area contributed by atoms with Crippen molar-refractivity contribution in [3.63, 3.8) is 0 Å². The number of carbonyl (C=O) groups excluding carboxylic acids is 1. The Morgan fingerprint density at radius 2 is 0.697 bits per heavy atom. The van der Waals surface area contributed by atoms with E-state index in [1.54, 1.807) is 0 Å². The molecule has 0 spiro atoms. The molecule has 0 bridgehead atoms. The van der Waals surface area contributed by atoms with Gasteiger partial charge in [-0.1, -0.05) is 348 Å². The Morgan fingerprint density at radius 3 is 1.07 bits per heavy atom. The quantitative estimate of drug-likeness (QED) is 0.0204. The van der Waals surface area contributed by atoms with Crippen molar-refractivity contribution in [1.82, 2.24) is 5.32 Å². The van der Waals surface area contributed by atoms with Crippen molar-refractivity contribution in [3.8, 4) is 0 Å². The lowest BCUT2D eigenvalue weighted by atomic mass is 9.97. The van der Waals surface area contributed by atoms with Crippen LogP contribution in [-0.4, -0.2) is 140 Å². The molecule has 12 unspecified atom stereocenters. The highest BCUT2D eigenvalue weighted by atomic mass is 16.7. The van der Waals surface area contributed by atoms with Gasteiger partial charge in [-0.3, -0.25) is 4.79 Å². The molecule has 0 aromatic carbocycles. The maximum atomic E-state index is 13.4. The Hall–Kier alpha value is -3.35. The number of unbranched alkanes of at least 4 members (excludes halogenated alkanes) is 36. The van der Waals surface area contributed by atoms with E-state index in [0.29, 0.717) is 12.8 Å². The highest BCUT2D eigenvalue weighted by Gasteiger charge is 2.51. The van der Waals surface area contributed by atoms with Gasteiger partial charge in [-0.15, -0.1) is 0 Å². The molecule has 0 radical (unpaired) electrons. The van der Waals surface area contributed by atoms with Crippen molar-refractivity contribution in [2.24, 2.45) is 0 Å². The van der Waals surface area contributed by atoms with Gasteiger partial charge >= 0.3 is 0 Å². The Balaban J connectivity index is 1.63. The second kappa shape index (κ2) is 67.8. The molecule has 2 heterocycles.